The largest absolute Gasteiger partial charge is 0.425 e. The fraction of sp³-hybridized carbons (Fsp3) is 0.438. The molecule has 1 heterocycles. The number of nitrogens with zero attached hydrogens (tertiary/aromatic N) is 2. The predicted molar refractivity (Wildman–Crippen MR) is 82.3 cm³/mol. The number of halogens is 3. The van der Waals surface area contributed by atoms with Crippen molar-refractivity contribution in [1.82, 2.24) is 15.1 Å². The highest BCUT2D eigenvalue weighted by Gasteiger charge is 2.68. The van der Waals surface area contributed by atoms with Crippen LogP contribution in [0.4, 0.5) is 18.0 Å². The van der Waals surface area contributed by atoms with Crippen molar-refractivity contribution in [3.8, 4) is 0 Å². The molecule has 6 nitrogen and oxygen atoms in total. The van der Waals surface area contributed by atoms with Crippen molar-refractivity contribution >= 4 is 17.8 Å². The van der Waals surface area contributed by atoms with Crippen LogP contribution in [0.3, 0.4) is 0 Å². The molecule has 1 aliphatic rings. The number of nitrogens with one attached hydrogen (secondary N) is 1. The molecule has 0 radical (unpaired) electrons. The van der Waals surface area contributed by atoms with Crippen LogP contribution in [0.2, 0.25) is 0 Å². The van der Waals surface area contributed by atoms with Crippen LogP contribution in [0.15, 0.2) is 30.3 Å². The quantitative estimate of drug-likeness (QED) is 0.818. The Kier molecular flexibility index (Phi) is 5.05. The van der Waals surface area contributed by atoms with Crippen LogP contribution in [-0.4, -0.2) is 53.5 Å². The van der Waals surface area contributed by atoms with Crippen molar-refractivity contribution in [2.45, 2.75) is 25.6 Å². The van der Waals surface area contributed by atoms with Gasteiger partial charge >= 0.3 is 12.2 Å². The van der Waals surface area contributed by atoms with Crippen LogP contribution in [0.5, 0.6) is 0 Å². The van der Waals surface area contributed by atoms with Gasteiger partial charge in [0.05, 0.1) is 0 Å². The minimum atomic E-state index is -5.06. The minimum absolute atomic E-state index is 0.321. The van der Waals surface area contributed by atoms with E-state index in [0.717, 1.165) is 12.1 Å². The molecular weight excluding hydrogens is 339 g/mol. The zero-order valence-corrected chi connectivity index (χ0v) is 13.8. The number of hydrogen-bond donors (Lipinski definition) is 1. The summed E-state index contributed by atoms with van der Waals surface area (Å²) in [6, 6.07) is 5.16. The van der Waals surface area contributed by atoms with Gasteiger partial charge in [-0.25, -0.2) is 4.79 Å². The molecule has 1 aliphatic heterocycles. The van der Waals surface area contributed by atoms with Gasteiger partial charge in [0.1, 0.15) is 6.54 Å². The summed E-state index contributed by atoms with van der Waals surface area (Å²) in [6.45, 7) is 3.29. The number of likely N-dealkylation sites (N-methyl/N-ethyl adjacent to an activating group) is 1. The molecule has 0 bridgehead atoms. The lowest BCUT2D eigenvalue weighted by molar-refractivity contribution is -0.198. The van der Waals surface area contributed by atoms with Crippen LogP contribution in [0, 0.1) is 0 Å². The second-order valence-electron chi connectivity index (χ2n) is 5.50. The molecule has 4 amide bonds. The van der Waals surface area contributed by atoms with Crippen molar-refractivity contribution in [2.24, 2.45) is 0 Å². The predicted octanol–water partition coefficient (Wildman–Crippen LogP) is 1.86. The normalized spacial score (nSPS) is 20.6. The van der Waals surface area contributed by atoms with Crippen LogP contribution in [0.1, 0.15) is 19.4 Å². The fourth-order valence-electron chi connectivity index (χ4n) is 2.77. The van der Waals surface area contributed by atoms with Gasteiger partial charge in [0.15, 0.2) is 0 Å². The molecule has 1 unspecified atom stereocenters. The Morgan fingerprint density at radius 1 is 1.16 bits per heavy atom. The molecule has 0 aromatic heterocycles. The van der Waals surface area contributed by atoms with Crippen molar-refractivity contribution in [1.29, 1.82) is 0 Å². The highest BCUT2D eigenvalue weighted by atomic mass is 19.4. The fourth-order valence-corrected chi connectivity index (χ4v) is 2.77. The third kappa shape index (κ3) is 3.06. The van der Waals surface area contributed by atoms with E-state index in [9.17, 15) is 27.6 Å². The third-order valence-electron chi connectivity index (χ3n) is 4.15. The number of hydrogen-bond acceptors (Lipinski definition) is 3. The van der Waals surface area contributed by atoms with E-state index >= 15 is 0 Å². The maximum Gasteiger partial charge on any atom is 0.425 e. The first-order valence-corrected chi connectivity index (χ1v) is 7.73. The van der Waals surface area contributed by atoms with Gasteiger partial charge in [0.2, 0.25) is 11.4 Å². The van der Waals surface area contributed by atoms with E-state index < -0.39 is 41.7 Å². The molecule has 25 heavy (non-hydrogen) atoms. The molecule has 0 aliphatic carbocycles. The van der Waals surface area contributed by atoms with Crippen molar-refractivity contribution in [3.05, 3.63) is 35.9 Å². The third-order valence-corrected chi connectivity index (χ3v) is 4.15. The van der Waals surface area contributed by atoms with Gasteiger partial charge in [-0.2, -0.15) is 13.2 Å². The van der Waals surface area contributed by atoms with E-state index in [-0.39, 0.29) is 0 Å². The first kappa shape index (κ1) is 18.8. The molecule has 9 heteroatoms. The molecule has 1 N–H and O–H groups in total. The summed E-state index contributed by atoms with van der Waals surface area (Å²) in [5, 5.41) is 1.75. The second-order valence-corrected chi connectivity index (χ2v) is 5.50. The monoisotopic (exact) mass is 357 g/mol. The zero-order valence-electron chi connectivity index (χ0n) is 13.8. The molecule has 1 aromatic rings. The number of carbonyl (C=O) groups excluding carboxylic acids is 3. The number of carbonyl (C=O) groups is 3. The Balaban J connectivity index is 2.41. The lowest BCUT2D eigenvalue weighted by atomic mass is 9.89. The van der Waals surface area contributed by atoms with E-state index in [1.807, 2.05) is 0 Å². The molecular formula is C16H18F3N3O3. The number of rotatable bonds is 5. The second kappa shape index (κ2) is 6.73. The summed E-state index contributed by atoms with van der Waals surface area (Å²) in [6.07, 6.45) is -5.06. The van der Waals surface area contributed by atoms with Gasteiger partial charge < -0.3 is 10.2 Å². The van der Waals surface area contributed by atoms with Gasteiger partial charge in [0.25, 0.3) is 5.91 Å². The van der Waals surface area contributed by atoms with Crippen molar-refractivity contribution in [3.63, 3.8) is 0 Å². The van der Waals surface area contributed by atoms with Gasteiger partial charge in [-0.3, -0.25) is 14.5 Å². The summed E-state index contributed by atoms with van der Waals surface area (Å²) in [5.41, 5.74) is -3.59. The molecule has 0 spiro atoms. The maximum atomic E-state index is 13.8. The van der Waals surface area contributed by atoms with Crippen molar-refractivity contribution < 1.29 is 27.6 Å². The number of urea groups is 1. The standard InChI is InChI=1S/C16H18F3N3O3/c1-3-21(4-2)12(23)10-22-13(24)15(16(17,18)19,20-14(22)25)11-8-6-5-7-9-11/h5-9H,3-4,10H2,1-2H3,(H,20,25). The Bertz CT molecular complexity index is 674. The summed E-state index contributed by atoms with van der Waals surface area (Å²) < 4.78 is 41.3. The smallest absolute Gasteiger partial charge is 0.342 e. The molecule has 1 fully saturated rings. The summed E-state index contributed by atoms with van der Waals surface area (Å²) in [5.74, 6) is -2.10. The highest BCUT2D eigenvalue weighted by molar-refractivity contribution is 6.09. The Morgan fingerprint density at radius 2 is 1.72 bits per heavy atom. The number of benzene rings is 1. The molecule has 1 aromatic carbocycles. The van der Waals surface area contributed by atoms with Crippen LogP contribution in [-0.2, 0) is 15.1 Å². The van der Waals surface area contributed by atoms with Crippen molar-refractivity contribution in [2.75, 3.05) is 19.6 Å². The Morgan fingerprint density at radius 3 is 2.20 bits per heavy atom. The summed E-state index contributed by atoms with van der Waals surface area (Å²) >= 11 is 0. The topological polar surface area (TPSA) is 69.7 Å². The van der Waals surface area contributed by atoms with E-state index in [4.69, 9.17) is 0 Å². The first-order valence-electron chi connectivity index (χ1n) is 7.73. The number of amides is 4. The average molecular weight is 357 g/mol. The molecule has 0 saturated carbocycles. The molecule has 2 rings (SSSR count). The van der Waals surface area contributed by atoms with E-state index in [1.165, 1.54) is 23.1 Å². The van der Waals surface area contributed by atoms with Gasteiger partial charge in [-0.15, -0.1) is 0 Å². The van der Waals surface area contributed by atoms with E-state index in [0.29, 0.717) is 18.0 Å². The van der Waals surface area contributed by atoms with Gasteiger partial charge in [0, 0.05) is 13.1 Å². The van der Waals surface area contributed by atoms with Crippen LogP contribution >= 0.6 is 0 Å². The molecule has 1 saturated heterocycles. The van der Waals surface area contributed by atoms with Crippen LogP contribution < -0.4 is 5.32 Å². The van der Waals surface area contributed by atoms with Gasteiger partial charge in [-0.1, -0.05) is 30.3 Å². The Hall–Kier alpha value is -2.58. The SMILES string of the molecule is CCN(CC)C(=O)CN1C(=O)NC(c2ccccc2)(C(F)(F)F)C1=O. The van der Waals surface area contributed by atoms with Gasteiger partial charge in [-0.05, 0) is 19.4 Å². The number of alkyl halides is 3. The first-order chi connectivity index (χ1) is 11.7. The molecule has 1 atom stereocenters. The zero-order chi connectivity index (χ0) is 18.8. The minimum Gasteiger partial charge on any atom is -0.342 e. The van der Waals surface area contributed by atoms with E-state index in [1.54, 1.807) is 19.2 Å². The summed E-state index contributed by atoms with van der Waals surface area (Å²) in [7, 11) is 0. The average Bonchev–Trinajstić information content (AvgIpc) is 2.82. The maximum absolute atomic E-state index is 13.8. The lowest BCUT2D eigenvalue weighted by Crippen LogP contribution is -2.56. The summed E-state index contributed by atoms with van der Waals surface area (Å²) in [4.78, 5) is 38.4. The highest BCUT2D eigenvalue weighted by Crippen LogP contribution is 2.43. The van der Waals surface area contributed by atoms with Crippen LogP contribution in [0.25, 0.3) is 0 Å². The number of imide groups is 1. The molecule has 136 valence electrons. The lowest BCUT2D eigenvalue weighted by Gasteiger charge is -2.29. The van der Waals surface area contributed by atoms with E-state index in [2.05, 4.69) is 0 Å². The Labute approximate surface area is 142 Å².